The van der Waals surface area contributed by atoms with Gasteiger partial charge in [0.1, 0.15) is 5.75 Å². The topological polar surface area (TPSA) is 77.2 Å². The van der Waals surface area contributed by atoms with E-state index in [4.69, 9.17) is 20.8 Å². The minimum absolute atomic E-state index is 0.160. The molecule has 3 rings (SSSR count). The maximum Gasteiger partial charge on any atom is 0.277 e. The molecule has 8 heteroatoms. The fraction of sp³-hybridized carbons (Fsp3) is 0.167. The summed E-state index contributed by atoms with van der Waals surface area (Å²) in [5, 5.41) is 11.7. The van der Waals surface area contributed by atoms with Gasteiger partial charge in [0.05, 0.1) is 19.3 Å². The predicted octanol–water partition coefficient (Wildman–Crippen LogP) is 4.05. The van der Waals surface area contributed by atoms with E-state index >= 15 is 0 Å². The second kappa shape index (κ2) is 8.73. The Morgan fingerprint density at radius 2 is 1.88 bits per heavy atom. The molecule has 0 aliphatic carbocycles. The average molecular weight is 390 g/mol. The van der Waals surface area contributed by atoms with Crippen LogP contribution in [0.1, 0.15) is 11.5 Å². The molecule has 1 heterocycles. The molecule has 6 nitrogen and oxygen atoms in total. The van der Waals surface area contributed by atoms with Gasteiger partial charge < -0.3 is 14.5 Å². The Balaban J connectivity index is 1.49. The van der Waals surface area contributed by atoms with Crippen molar-refractivity contribution in [3.05, 3.63) is 65.0 Å². The standard InChI is InChI=1S/C18H16ClN3O3S/c1-24-15-8-2-12(3-9-15)10-17-21-22-18(25-17)26-11-16(23)20-14-6-4-13(19)5-7-14/h2-9H,10-11H2,1H3,(H,20,23). The molecule has 0 unspecified atom stereocenters. The maximum atomic E-state index is 12.0. The number of amides is 1. The van der Waals surface area contributed by atoms with E-state index < -0.39 is 0 Å². The fourth-order valence-corrected chi connectivity index (χ4v) is 2.85. The largest absolute Gasteiger partial charge is 0.497 e. The minimum atomic E-state index is -0.160. The minimum Gasteiger partial charge on any atom is -0.497 e. The van der Waals surface area contributed by atoms with Crippen molar-refractivity contribution in [2.75, 3.05) is 18.2 Å². The van der Waals surface area contributed by atoms with Crippen LogP contribution in [0.2, 0.25) is 5.02 Å². The molecular weight excluding hydrogens is 374 g/mol. The average Bonchev–Trinajstić information content (AvgIpc) is 3.10. The number of thioether (sulfide) groups is 1. The van der Waals surface area contributed by atoms with Crippen molar-refractivity contribution in [3.63, 3.8) is 0 Å². The number of hydrogen-bond donors (Lipinski definition) is 1. The molecule has 0 saturated heterocycles. The lowest BCUT2D eigenvalue weighted by Gasteiger charge is -2.03. The lowest BCUT2D eigenvalue weighted by molar-refractivity contribution is -0.113. The molecule has 0 aliphatic heterocycles. The van der Waals surface area contributed by atoms with Gasteiger partial charge in [0.15, 0.2) is 0 Å². The number of methoxy groups -OCH3 is 1. The molecule has 0 spiro atoms. The zero-order chi connectivity index (χ0) is 18.4. The molecular formula is C18H16ClN3O3S. The van der Waals surface area contributed by atoms with E-state index in [1.54, 1.807) is 31.4 Å². The molecule has 0 atom stereocenters. The third-order valence-electron chi connectivity index (χ3n) is 3.42. The number of benzene rings is 2. The van der Waals surface area contributed by atoms with Crippen LogP contribution in [0.4, 0.5) is 5.69 Å². The van der Waals surface area contributed by atoms with E-state index in [2.05, 4.69) is 15.5 Å². The molecule has 2 aromatic carbocycles. The zero-order valence-corrected chi connectivity index (χ0v) is 15.5. The molecule has 0 fully saturated rings. The van der Waals surface area contributed by atoms with Crippen molar-refractivity contribution in [1.29, 1.82) is 0 Å². The number of ether oxygens (including phenoxy) is 1. The van der Waals surface area contributed by atoms with Crippen LogP contribution in [0.25, 0.3) is 0 Å². The number of carbonyl (C=O) groups excluding carboxylic acids is 1. The quantitative estimate of drug-likeness (QED) is 0.614. The Morgan fingerprint density at radius 1 is 1.15 bits per heavy atom. The van der Waals surface area contributed by atoms with Gasteiger partial charge in [-0.25, -0.2) is 0 Å². The van der Waals surface area contributed by atoms with E-state index in [1.165, 1.54) is 11.8 Å². The number of hydrogen-bond acceptors (Lipinski definition) is 6. The summed E-state index contributed by atoms with van der Waals surface area (Å²) in [5.74, 6) is 1.30. The highest BCUT2D eigenvalue weighted by molar-refractivity contribution is 7.99. The van der Waals surface area contributed by atoms with Gasteiger partial charge in [0.25, 0.3) is 5.22 Å². The van der Waals surface area contributed by atoms with Crippen LogP contribution in [0, 0.1) is 0 Å². The summed E-state index contributed by atoms with van der Waals surface area (Å²) >= 11 is 7.00. The van der Waals surface area contributed by atoms with Crippen molar-refractivity contribution in [1.82, 2.24) is 10.2 Å². The van der Waals surface area contributed by atoms with Crippen LogP contribution in [-0.2, 0) is 11.2 Å². The van der Waals surface area contributed by atoms with Crippen LogP contribution in [-0.4, -0.2) is 29.0 Å². The van der Waals surface area contributed by atoms with Crippen molar-refractivity contribution in [2.24, 2.45) is 0 Å². The first-order chi connectivity index (χ1) is 12.6. The van der Waals surface area contributed by atoms with E-state index in [9.17, 15) is 4.79 Å². The highest BCUT2D eigenvalue weighted by atomic mass is 35.5. The zero-order valence-electron chi connectivity index (χ0n) is 13.9. The number of nitrogens with zero attached hydrogens (tertiary/aromatic N) is 2. The number of halogens is 1. The van der Waals surface area contributed by atoms with Gasteiger partial charge in [0.2, 0.25) is 11.8 Å². The molecule has 0 bridgehead atoms. The molecule has 1 aromatic heterocycles. The second-order valence-electron chi connectivity index (χ2n) is 5.33. The Labute approximate surface area is 159 Å². The van der Waals surface area contributed by atoms with Crippen LogP contribution in [0.3, 0.4) is 0 Å². The monoisotopic (exact) mass is 389 g/mol. The smallest absolute Gasteiger partial charge is 0.277 e. The number of carbonyl (C=O) groups is 1. The van der Waals surface area contributed by atoms with Crippen LogP contribution in [0.5, 0.6) is 5.75 Å². The predicted molar refractivity (Wildman–Crippen MR) is 101 cm³/mol. The van der Waals surface area contributed by atoms with Gasteiger partial charge in [0, 0.05) is 10.7 Å². The highest BCUT2D eigenvalue weighted by Crippen LogP contribution is 2.20. The van der Waals surface area contributed by atoms with Crippen molar-refractivity contribution in [3.8, 4) is 5.75 Å². The van der Waals surface area contributed by atoms with Gasteiger partial charge in [-0.05, 0) is 42.0 Å². The van der Waals surface area contributed by atoms with Gasteiger partial charge in [-0.1, -0.05) is 35.5 Å². The van der Waals surface area contributed by atoms with Gasteiger partial charge in [-0.15, -0.1) is 10.2 Å². The van der Waals surface area contributed by atoms with E-state index in [1.807, 2.05) is 24.3 Å². The molecule has 0 saturated carbocycles. The highest BCUT2D eigenvalue weighted by Gasteiger charge is 2.10. The maximum absolute atomic E-state index is 12.0. The summed E-state index contributed by atoms with van der Waals surface area (Å²) in [5.41, 5.74) is 1.72. The van der Waals surface area contributed by atoms with Crippen molar-refractivity contribution in [2.45, 2.75) is 11.6 Å². The van der Waals surface area contributed by atoms with E-state index in [0.717, 1.165) is 11.3 Å². The lowest BCUT2D eigenvalue weighted by atomic mass is 10.1. The summed E-state index contributed by atoms with van der Waals surface area (Å²) < 4.78 is 10.7. The Kier molecular flexibility index (Phi) is 6.14. The first-order valence-electron chi connectivity index (χ1n) is 7.76. The number of aromatic nitrogens is 2. The summed E-state index contributed by atoms with van der Waals surface area (Å²) in [6, 6.07) is 14.5. The van der Waals surface area contributed by atoms with Crippen molar-refractivity contribution >= 4 is 35.0 Å². The number of nitrogens with one attached hydrogen (secondary N) is 1. The summed E-state index contributed by atoms with van der Waals surface area (Å²) in [4.78, 5) is 12.0. The van der Waals surface area contributed by atoms with Gasteiger partial charge in [-0.2, -0.15) is 0 Å². The number of rotatable bonds is 7. The molecule has 134 valence electrons. The molecule has 0 aliphatic rings. The first-order valence-corrected chi connectivity index (χ1v) is 9.12. The summed E-state index contributed by atoms with van der Waals surface area (Å²) in [7, 11) is 1.62. The summed E-state index contributed by atoms with van der Waals surface area (Å²) in [6.45, 7) is 0. The normalized spacial score (nSPS) is 10.5. The molecule has 3 aromatic rings. The van der Waals surface area contributed by atoms with Crippen LogP contribution in [0.15, 0.2) is 58.2 Å². The first kappa shape index (κ1) is 18.3. The van der Waals surface area contributed by atoms with Crippen LogP contribution >= 0.6 is 23.4 Å². The van der Waals surface area contributed by atoms with Gasteiger partial charge in [-0.3, -0.25) is 4.79 Å². The SMILES string of the molecule is COc1ccc(Cc2nnc(SCC(=O)Nc3ccc(Cl)cc3)o2)cc1. The molecule has 1 amide bonds. The van der Waals surface area contributed by atoms with Crippen LogP contribution < -0.4 is 10.1 Å². The second-order valence-corrected chi connectivity index (χ2v) is 6.69. The third kappa shape index (κ3) is 5.24. The number of anilines is 1. The fourth-order valence-electron chi connectivity index (χ4n) is 2.14. The third-order valence-corrected chi connectivity index (χ3v) is 4.49. The Morgan fingerprint density at radius 3 is 2.58 bits per heavy atom. The van der Waals surface area contributed by atoms with E-state index in [0.29, 0.717) is 28.2 Å². The van der Waals surface area contributed by atoms with Crippen molar-refractivity contribution < 1.29 is 13.9 Å². The lowest BCUT2D eigenvalue weighted by Crippen LogP contribution is -2.13. The summed E-state index contributed by atoms with van der Waals surface area (Å²) in [6.07, 6.45) is 0.522. The van der Waals surface area contributed by atoms with Gasteiger partial charge >= 0.3 is 0 Å². The Bertz CT molecular complexity index is 866. The molecule has 26 heavy (non-hydrogen) atoms. The van der Waals surface area contributed by atoms with E-state index in [-0.39, 0.29) is 11.7 Å². The Hall–Kier alpha value is -2.51. The molecule has 0 radical (unpaired) electrons. The molecule has 1 N–H and O–H groups in total.